The van der Waals surface area contributed by atoms with Crippen molar-refractivity contribution < 1.29 is 0 Å². The SMILES string of the molecule is CCCCCCc1ccc(-c2ccccc2)c(CCc2ccc(N=C=S)cc2)c1. The number of aryl methyl sites for hydroxylation is 3. The average molecular weight is 400 g/mol. The Morgan fingerprint density at radius 1 is 0.759 bits per heavy atom. The summed E-state index contributed by atoms with van der Waals surface area (Å²) >= 11 is 4.68. The van der Waals surface area contributed by atoms with Crippen LogP contribution < -0.4 is 0 Å². The highest BCUT2D eigenvalue weighted by atomic mass is 32.1. The lowest BCUT2D eigenvalue weighted by Crippen LogP contribution is -1.97. The second kappa shape index (κ2) is 11.5. The summed E-state index contributed by atoms with van der Waals surface area (Å²) in [5.74, 6) is 0. The number of rotatable bonds is 10. The maximum atomic E-state index is 4.68. The molecule has 0 N–H and O–H groups in total. The van der Waals surface area contributed by atoms with Gasteiger partial charge < -0.3 is 0 Å². The van der Waals surface area contributed by atoms with Gasteiger partial charge >= 0.3 is 0 Å². The minimum atomic E-state index is 0.864. The molecule has 0 heterocycles. The molecule has 0 radical (unpaired) electrons. The molecule has 0 bridgehead atoms. The number of thiocarbonyl (C=S) groups is 1. The Morgan fingerprint density at radius 3 is 2.24 bits per heavy atom. The van der Waals surface area contributed by atoms with Gasteiger partial charge in [-0.15, -0.1) is 0 Å². The number of hydrogen-bond acceptors (Lipinski definition) is 2. The van der Waals surface area contributed by atoms with Gasteiger partial charge in [-0.05, 0) is 77.9 Å². The molecule has 0 fully saturated rings. The lowest BCUT2D eigenvalue weighted by atomic mass is 9.92. The van der Waals surface area contributed by atoms with Crippen LogP contribution in [0.25, 0.3) is 11.1 Å². The van der Waals surface area contributed by atoms with Crippen LogP contribution in [0.3, 0.4) is 0 Å². The molecule has 0 saturated carbocycles. The molecule has 0 aliphatic carbocycles. The van der Waals surface area contributed by atoms with Crippen LogP contribution in [0, 0.1) is 0 Å². The first-order chi connectivity index (χ1) is 14.3. The maximum absolute atomic E-state index is 4.68. The summed E-state index contributed by atoms with van der Waals surface area (Å²) in [6.07, 6.45) is 8.43. The molecule has 29 heavy (non-hydrogen) atoms. The predicted molar refractivity (Wildman–Crippen MR) is 128 cm³/mol. The molecule has 0 atom stereocenters. The van der Waals surface area contributed by atoms with Crippen LogP contribution >= 0.6 is 12.2 Å². The van der Waals surface area contributed by atoms with Gasteiger partial charge in [-0.25, -0.2) is 0 Å². The highest BCUT2D eigenvalue weighted by Crippen LogP contribution is 2.27. The summed E-state index contributed by atoms with van der Waals surface area (Å²) in [4.78, 5) is 4.04. The van der Waals surface area contributed by atoms with Gasteiger partial charge in [-0.1, -0.05) is 86.8 Å². The van der Waals surface area contributed by atoms with Crippen molar-refractivity contribution >= 4 is 23.1 Å². The normalized spacial score (nSPS) is 10.5. The van der Waals surface area contributed by atoms with Crippen LogP contribution in [0.4, 0.5) is 5.69 Å². The van der Waals surface area contributed by atoms with Crippen LogP contribution in [0.5, 0.6) is 0 Å². The van der Waals surface area contributed by atoms with E-state index in [0.717, 1.165) is 18.5 Å². The van der Waals surface area contributed by atoms with Crippen LogP contribution in [0.15, 0.2) is 77.8 Å². The summed E-state index contributed by atoms with van der Waals surface area (Å²) < 4.78 is 0. The Labute approximate surface area is 180 Å². The molecule has 3 aromatic rings. The lowest BCUT2D eigenvalue weighted by molar-refractivity contribution is 0.666. The quantitative estimate of drug-likeness (QED) is 0.191. The third-order valence-electron chi connectivity index (χ3n) is 5.37. The molecule has 0 aromatic heterocycles. The van der Waals surface area contributed by atoms with E-state index in [1.165, 1.54) is 59.9 Å². The summed E-state index contributed by atoms with van der Waals surface area (Å²) in [7, 11) is 0. The van der Waals surface area contributed by atoms with Gasteiger partial charge in [-0.3, -0.25) is 0 Å². The Hall–Kier alpha value is -2.54. The zero-order valence-electron chi connectivity index (χ0n) is 17.2. The van der Waals surface area contributed by atoms with E-state index in [2.05, 4.69) is 90.0 Å². The fraction of sp³-hybridized carbons (Fsp3) is 0.296. The molecule has 0 spiro atoms. The first kappa shape index (κ1) is 21.2. The van der Waals surface area contributed by atoms with Gasteiger partial charge in [0.05, 0.1) is 10.8 Å². The van der Waals surface area contributed by atoms with E-state index in [9.17, 15) is 0 Å². The fourth-order valence-corrected chi connectivity index (χ4v) is 3.84. The summed E-state index contributed by atoms with van der Waals surface area (Å²) in [5.41, 5.74) is 7.73. The molecule has 148 valence electrons. The molecule has 1 nitrogen and oxygen atoms in total. The second-order valence-corrected chi connectivity index (χ2v) is 7.72. The largest absolute Gasteiger partial charge is 0.195 e. The van der Waals surface area contributed by atoms with Crippen molar-refractivity contribution in [2.24, 2.45) is 4.99 Å². The van der Waals surface area contributed by atoms with Crippen LogP contribution in [0.2, 0.25) is 0 Å². The zero-order chi connectivity index (χ0) is 20.3. The number of aliphatic imine (C=N–C) groups is 1. The monoisotopic (exact) mass is 399 g/mol. The van der Waals surface area contributed by atoms with E-state index < -0.39 is 0 Å². The molecule has 0 saturated heterocycles. The third-order valence-corrected chi connectivity index (χ3v) is 5.46. The van der Waals surface area contributed by atoms with Crippen molar-refractivity contribution in [1.82, 2.24) is 0 Å². The highest BCUT2D eigenvalue weighted by molar-refractivity contribution is 7.78. The molecule has 0 aliphatic heterocycles. The topological polar surface area (TPSA) is 12.4 Å². The summed E-state index contributed by atoms with van der Waals surface area (Å²) in [6.45, 7) is 2.26. The van der Waals surface area contributed by atoms with Crippen molar-refractivity contribution in [1.29, 1.82) is 0 Å². The first-order valence-corrected chi connectivity index (χ1v) is 11.0. The van der Waals surface area contributed by atoms with Crippen molar-refractivity contribution in [2.75, 3.05) is 0 Å². The molecule has 3 aromatic carbocycles. The standard InChI is InChI=1S/C27H29NS/c1-2-3-4-6-9-23-15-19-27(24-10-7-5-8-11-24)25(20-23)16-12-22-13-17-26(18-14-22)28-21-29/h5,7-8,10-11,13-15,17-20H,2-4,6,9,12,16H2,1H3. The molecular formula is C27H29NS. The molecule has 0 unspecified atom stereocenters. The third kappa shape index (κ3) is 6.49. The van der Waals surface area contributed by atoms with Gasteiger partial charge in [0, 0.05) is 0 Å². The van der Waals surface area contributed by atoms with Crippen LogP contribution in [-0.2, 0) is 19.3 Å². The van der Waals surface area contributed by atoms with Crippen LogP contribution in [0.1, 0.15) is 49.3 Å². The molecule has 0 aliphatic rings. The summed E-state index contributed by atoms with van der Waals surface area (Å²) in [5, 5.41) is 2.43. The Balaban J connectivity index is 1.78. The molecule has 3 rings (SSSR count). The van der Waals surface area contributed by atoms with Crippen molar-refractivity contribution in [3.05, 3.63) is 89.5 Å². The number of benzene rings is 3. The van der Waals surface area contributed by atoms with Gasteiger partial charge in [0.1, 0.15) is 0 Å². The molecule has 0 amide bonds. The van der Waals surface area contributed by atoms with E-state index in [0.29, 0.717) is 0 Å². The van der Waals surface area contributed by atoms with Gasteiger partial charge in [-0.2, -0.15) is 4.99 Å². The first-order valence-electron chi connectivity index (χ1n) is 10.6. The van der Waals surface area contributed by atoms with Gasteiger partial charge in [0.2, 0.25) is 0 Å². The highest BCUT2D eigenvalue weighted by Gasteiger charge is 2.07. The average Bonchev–Trinajstić information content (AvgIpc) is 2.77. The number of unbranched alkanes of at least 4 members (excludes halogenated alkanes) is 3. The minimum Gasteiger partial charge on any atom is -0.195 e. The number of nitrogens with zero attached hydrogens (tertiary/aromatic N) is 1. The van der Waals surface area contributed by atoms with E-state index in [4.69, 9.17) is 0 Å². The Kier molecular flexibility index (Phi) is 8.37. The summed E-state index contributed by atoms with van der Waals surface area (Å²) in [6, 6.07) is 26.1. The Morgan fingerprint density at radius 2 is 1.52 bits per heavy atom. The number of isothiocyanates is 1. The Bertz CT molecular complexity index is 938. The molecule has 2 heteroatoms. The van der Waals surface area contributed by atoms with Crippen molar-refractivity contribution in [2.45, 2.75) is 51.9 Å². The van der Waals surface area contributed by atoms with Crippen molar-refractivity contribution in [3.8, 4) is 11.1 Å². The minimum absolute atomic E-state index is 0.864. The van der Waals surface area contributed by atoms with Gasteiger partial charge in [0.15, 0.2) is 0 Å². The smallest absolute Gasteiger partial charge is 0.0739 e. The second-order valence-electron chi connectivity index (χ2n) is 7.54. The maximum Gasteiger partial charge on any atom is 0.0739 e. The molecular weight excluding hydrogens is 370 g/mol. The zero-order valence-corrected chi connectivity index (χ0v) is 18.0. The predicted octanol–water partition coefficient (Wildman–Crippen LogP) is 8.00. The van der Waals surface area contributed by atoms with E-state index in [1.807, 2.05) is 12.1 Å². The van der Waals surface area contributed by atoms with E-state index in [-0.39, 0.29) is 0 Å². The van der Waals surface area contributed by atoms with Crippen LogP contribution in [-0.4, -0.2) is 5.16 Å². The fourth-order valence-electron chi connectivity index (χ4n) is 3.73. The lowest BCUT2D eigenvalue weighted by Gasteiger charge is -2.13. The van der Waals surface area contributed by atoms with E-state index >= 15 is 0 Å². The number of hydrogen-bond donors (Lipinski definition) is 0. The van der Waals surface area contributed by atoms with E-state index in [1.54, 1.807) is 0 Å². The van der Waals surface area contributed by atoms with Gasteiger partial charge in [0.25, 0.3) is 0 Å². The van der Waals surface area contributed by atoms with Crippen molar-refractivity contribution in [3.63, 3.8) is 0 Å².